The molecule has 0 unspecified atom stereocenters. The quantitative estimate of drug-likeness (QED) is 0.701. The van der Waals surface area contributed by atoms with Gasteiger partial charge >= 0.3 is 6.03 Å². The summed E-state index contributed by atoms with van der Waals surface area (Å²) in [6.07, 6.45) is 5.34. The Hall–Kier alpha value is -3.00. The molecule has 0 aromatic carbocycles. The van der Waals surface area contributed by atoms with Crippen molar-refractivity contribution in [3.05, 3.63) is 48.9 Å². The largest absolute Gasteiger partial charge is 0.352 e. The van der Waals surface area contributed by atoms with Gasteiger partial charge in [0.25, 0.3) is 0 Å². The Morgan fingerprint density at radius 3 is 2.77 bits per heavy atom. The average molecular weight is 366 g/mol. The first-order valence-electron chi connectivity index (χ1n) is 8.40. The van der Waals surface area contributed by atoms with Gasteiger partial charge in [-0.3, -0.25) is 4.98 Å². The molecule has 1 saturated heterocycles. The Balaban J connectivity index is 1.42. The minimum absolute atomic E-state index is 0.0105. The fourth-order valence-corrected chi connectivity index (χ4v) is 3.74. The lowest BCUT2D eigenvalue weighted by Gasteiger charge is -2.14. The van der Waals surface area contributed by atoms with E-state index in [-0.39, 0.29) is 6.03 Å². The van der Waals surface area contributed by atoms with Crippen molar-refractivity contribution >= 4 is 23.3 Å². The molecule has 0 saturated carbocycles. The molecule has 0 aliphatic carbocycles. The zero-order valence-electron chi connectivity index (χ0n) is 14.1. The van der Waals surface area contributed by atoms with Crippen LogP contribution in [0.5, 0.6) is 0 Å². The van der Waals surface area contributed by atoms with Crippen LogP contribution in [0.25, 0.3) is 21.0 Å². The lowest BCUT2D eigenvalue weighted by atomic mass is 10.2. The minimum Gasteiger partial charge on any atom is -0.352 e. The molecule has 8 heteroatoms. The number of thiophene rings is 1. The Kier molecular flexibility index (Phi) is 4.74. The third-order valence-electron chi connectivity index (χ3n) is 4.09. The summed E-state index contributed by atoms with van der Waals surface area (Å²) in [6.45, 7) is 2.70. The number of nitrogens with zero attached hydrogens (tertiary/aromatic N) is 4. The van der Waals surface area contributed by atoms with E-state index < -0.39 is 0 Å². The van der Waals surface area contributed by atoms with E-state index in [1.54, 1.807) is 34.8 Å². The van der Waals surface area contributed by atoms with Crippen molar-refractivity contribution in [2.75, 3.05) is 31.5 Å². The first kappa shape index (κ1) is 16.5. The lowest BCUT2D eigenvalue weighted by Crippen LogP contribution is -2.32. The summed E-state index contributed by atoms with van der Waals surface area (Å²) in [4.78, 5) is 28.5. The highest BCUT2D eigenvalue weighted by Gasteiger charge is 2.18. The van der Waals surface area contributed by atoms with Gasteiger partial charge in [-0.2, -0.15) is 0 Å². The molecule has 132 valence electrons. The number of rotatable bonds is 6. The molecule has 0 bridgehead atoms. The molecule has 3 aromatic rings. The molecular formula is C18H18N6OS. The van der Waals surface area contributed by atoms with E-state index in [0.29, 0.717) is 25.6 Å². The van der Waals surface area contributed by atoms with Crippen LogP contribution in [0.1, 0.15) is 0 Å². The van der Waals surface area contributed by atoms with Crippen molar-refractivity contribution < 1.29 is 4.79 Å². The van der Waals surface area contributed by atoms with Gasteiger partial charge in [-0.25, -0.2) is 14.8 Å². The van der Waals surface area contributed by atoms with Crippen LogP contribution in [0, 0.1) is 0 Å². The molecular weight excluding hydrogens is 348 g/mol. The molecule has 1 aliphatic heterocycles. The maximum Gasteiger partial charge on any atom is 0.317 e. The van der Waals surface area contributed by atoms with Crippen LogP contribution in [0.4, 0.5) is 10.7 Å². The van der Waals surface area contributed by atoms with Gasteiger partial charge in [-0.05, 0) is 35.9 Å². The fraction of sp³-hybridized carbons (Fsp3) is 0.222. The minimum atomic E-state index is -0.0105. The lowest BCUT2D eigenvalue weighted by molar-refractivity contribution is 0.219. The Labute approximate surface area is 155 Å². The fourth-order valence-electron chi connectivity index (χ4n) is 2.76. The SMILES string of the molecule is O=C1NCCN1CCNc1nccc(-c2ccc(-c3ccncc3)s2)n1. The van der Waals surface area contributed by atoms with Crippen molar-refractivity contribution in [2.24, 2.45) is 0 Å². The number of anilines is 1. The third kappa shape index (κ3) is 3.65. The van der Waals surface area contributed by atoms with E-state index in [4.69, 9.17) is 0 Å². The van der Waals surface area contributed by atoms with E-state index in [0.717, 1.165) is 22.7 Å². The summed E-state index contributed by atoms with van der Waals surface area (Å²) in [5.41, 5.74) is 2.03. The second kappa shape index (κ2) is 7.49. The van der Waals surface area contributed by atoms with Crippen LogP contribution in [-0.2, 0) is 0 Å². The van der Waals surface area contributed by atoms with E-state index in [2.05, 4.69) is 37.7 Å². The smallest absolute Gasteiger partial charge is 0.317 e. The van der Waals surface area contributed by atoms with Crippen LogP contribution in [0.3, 0.4) is 0 Å². The highest BCUT2D eigenvalue weighted by molar-refractivity contribution is 7.18. The predicted molar refractivity (Wildman–Crippen MR) is 102 cm³/mol. The number of pyridine rings is 1. The number of urea groups is 1. The highest BCUT2D eigenvalue weighted by Crippen LogP contribution is 2.33. The summed E-state index contributed by atoms with van der Waals surface area (Å²) in [6, 6.07) is 10.1. The van der Waals surface area contributed by atoms with Crippen LogP contribution in [0.2, 0.25) is 0 Å². The number of carbonyl (C=O) groups is 1. The van der Waals surface area contributed by atoms with Gasteiger partial charge in [-0.15, -0.1) is 11.3 Å². The molecule has 0 atom stereocenters. The van der Waals surface area contributed by atoms with Crippen molar-refractivity contribution in [1.82, 2.24) is 25.2 Å². The number of amides is 2. The maximum absolute atomic E-state index is 11.5. The van der Waals surface area contributed by atoms with Crippen molar-refractivity contribution in [3.63, 3.8) is 0 Å². The topological polar surface area (TPSA) is 83.0 Å². The van der Waals surface area contributed by atoms with Crippen LogP contribution in [-0.4, -0.2) is 52.1 Å². The number of carbonyl (C=O) groups excluding carboxylic acids is 1. The Bertz CT molecular complexity index is 897. The number of hydrogen-bond acceptors (Lipinski definition) is 6. The van der Waals surface area contributed by atoms with E-state index in [9.17, 15) is 4.79 Å². The average Bonchev–Trinajstić information content (AvgIpc) is 3.33. The molecule has 1 aliphatic rings. The Morgan fingerprint density at radius 1 is 1.12 bits per heavy atom. The number of aromatic nitrogens is 3. The second-order valence-electron chi connectivity index (χ2n) is 5.81. The van der Waals surface area contributed by atoms with Gasteiger partial charge in [0, 0.05) is 49.6 Å². The molecule has 2 amide bonds. The summed E-state index contributed by atoms with van der Waals surface area (Å²) < 4.78 is 0. The summed E-state index contributed by atoms with van der Waals surface area (Å²) in [5, 5.41) is 5.98. The van der Waals surface area contributed by atoms with Crippen molar-refractivity contribution in [1.29, 1.82) is 0 Å². The molecule has 0 radical (unpaired) electrons. The zero-order valence-corrected chi connectivity index (χ0v) is 14.9. The number of nitrogens with one attached hydrogen (secondary N) is 2. The van der Waals surface area contributed by atoms with Crippen LogP contribution >= 0.6 is 11.3 Å². The van der Waals surface area contributed by atoms with Gasteiger partial charge < -0.3 is 15.5 Å². The molecule has 3 aromatic heterocycles. The van der Waals surface area contributed by atoms with Crippen molar-refractivity contribution in [2.45, 2.75) is 0 Å². The zero-order chi connectivity index (χ0) is 17.8. The molecule has 4 rings (SSSR count). The van der Waals surface area contributed by atoms with Crippen LogP contribution in [0.15, 0.2) is 48.9 Å². The van der Waals surface area contributed by atoms with E-state index in [1.165, 1.54) is 4.88 Å². The molecule has 7 nitrogen and oxygen atoms in total. The highest BCUT2D eigenvalue weighted by atomic mass is 32.1. The summed E-state index contributed by atoms with van der Waals surface area (Å²) >= 11 is 1.69. The predicted octanol–water partition coefficient (Wildman–Crippen LogP) is 2.70. The molecule has 1 fully saturated rings. The third-order valence-corrected chi connectivity index (χ3v) is 5.25. The summed E-state index contributed by atoms with van der Waals surface area (Å²) in [7, 11) is 0. The van der Waals surface area contributed by atoms with Gasteiger partial charge in [0.05, 0.1) is 10.6 Å². The maximum atomic E-state index is 11.5. The van der Waals surface area contributed by atoms with E-state index >= 15 is 0 Å². The van der Waals surface area contributed by atoms with E-state index in [1.807, 2.05) is 18.2 Å². The molecule has 26 heavy (non-hydrogen) atoms. The Morgan fingerprint density at radius 2 is 1.96 bits per heavy atom. The molecule has 4 heterocycles. The first-order valence-corrected chi connectivity index (χ1v) is 9.21. The van der Waals surface area contributed by atoms with Gasteiger partial charge in [0.2, 0.25) is 5.95 Å². The van der Waals surface area contributed by atoms with Gasteiger partial charge in [0.15, 0.2) is 0 Å². The molecule has 0 spiro atoms. The normalized spacial score (nSPS) is 13.7. The standard InChI is InChI=1S/C18H18N6OS/c25-18-22-10-12-24(18)11-9-21-17-20-8-5-14(23-17)16-2-1-15(26-16)13-3-6-19-7-4-13/h1-8H,9-12H2,(H,22,25)(H,20,21,23). The second-order valence-corrected chi connectivity index (χ2v) is 6.89. The summed E-state index contributed by atoms with van der Waals surface area (Å²) in [5.74, 6) is 0.570. The van der Waals surface area contributed by atoms with Gasteiger partial charge in [-0.1, -0.05) is 0 Å². The number of hydrogen-bond donors (Lipinski definition) is 2. The van der Waals surface area contributed by atoms with Crippen LogP contribution < -0.4 is 10.6 Å². The monoisotopic (exact) mass is 366 g/mol. The first-order chi connectivity index (χ1) is 12.8. The van der Waals surface area contributed by atoms with Crippen molar-refractivity contribution in [3.8, 4) is 21.0 Å². The van der Waals surface area contributed by atoms with Gasteiger partial charge in [0.1, 0.15) is 0 Å². The molecule has 2 N–H and O–H groups in total.